The molecule has 0 amide bonds. The predicted octanol–water partition coefficient (Wildman–Crippen LogP) is 15.1. The van der Waals surface area contributed by atoms with E-state index in [-0.39, 0.29) is 66.2 Å². The van der Waals surface area contributed by atoms with Crippen LogP contribution in [-0.2, 0) is 56.2 Å². The third kappa shape index (κ3) is 13.9. The second-order valence-electron chi connectivity index (χ2n) is 27.2. The van der Waals surface area contributed by atoms with Crippen molar-refractivity contribution in [2.24, 2.45) is 0 Å². The number of rotatable bonds is 0. The van der Waals surface area contributed by atoms with E-state index in [9.17, 15) is 9.79 Å². The Balaban J connectivity index is 0.000000350. The molecule has 372 valence electrons. The van der Waals surface area contributed by atoms with E-state index in [1.165, 1.54) is 22.3 Å². The minimum atomic E-state index is -2.36. The molecule has 1 N–H and O–H groups in total. The first-order chi connectivity index (χ1) is 29.6. The SMILES string of the molecule is CC(C)(C)c1cc2c(c(C(C)(C)C)c1)OP([O-])Oc1c(cc(C(C)(C)C)cc1C(C)(C)C)C2.CC(C)(C)c1cc2c(c(C(C)(C)C)c1)OP([O-])Oc1c(cc(C(C)(C)C)cc1C(C)(C)C)C2.[Al+3].[OH-]. The van der Waals surface area contributed by atoms with E-state index in [0.717, 1.165) is 44.5 Å². The first kappa shape index (κ1) is 59.7. The Kier molecular flexibility index (Phi) is 17.6. The summed E-state index contributed by atoms with van der Waals surface area (Å²) in [7, 11) is -4.72. The quantitative estimate of drug-likeness (QED) is 0.127. The number of fused-ring (bicyclic) bond motifs is 4. The summed E-state index contributed by atoms with van der Waals surface area (Å²) in [5.41, 5.74) is 12.9. The molecule has 2 heterocycles. The van der Waals surface area contributed by atoms with E-state index in [0.29, 0.717) is 35.8 Å². The van der Waals surface area contributed by atoms with Gasteiger partial charge in [-0.3, -0.25) is 0 Å². The van der Waals surface area contributed by atoms with Crippen molar-refractivity contribution < 1.29 is 33.4 Å². The Morgan fingerprint density at radius 3 is 0.603 bits per heavy atom. The smallest absolute Gasteiger partial charge is 0.870 e. The molecule has 4 aromatic rings. The summed E-state index contributed by atoms with van der Waals surface area (Å²) in [6.45, 7) is 52.9. The van der Waals surface area contributed by atoms with Crippen molar-refractivity contribution in [2.75, 3.05) is 0 Å². The molecule has 2 aliphatic heterocycles. The van der Waals surface area contributed by atoms with Crippen LogP contribution in [0.4, 0.5) is 0 Å². The summed E-state index contributed by atoms with van der Waals surface area (Å²) in [6, 6.07) is 17.8. The molecule has 0 fully saturated rings. The first-order valence-electron chi connectivity index (χ1n) is 23.9. The molecular weight excluding hydrogens is 898 g/mol. The van der Waals surface area contributed by atoms with Gasteiger partial charge in [0.15, 0.2) is 0 Å². The summed E-state index contributed by atoms with van der Waals surface area (Å²) in [4.78, 5) is 26.4. The first-order valence-corrected chi connectivity index (χ1v) is 26.1. The number of hydrogen-bond donors (Lipinski definition) is 0. The van der Waals surface area contributed by atoms with Gasteiger partial charge in [0, 0.05) is 35.1 Å². The van der Waals surface area contributed by atoms with Gasteiger partial charge in [0.1, 0.15) is 23.0 Å². The summed E-state index contributed by atoms with van der Waals surface area (Å²) in [6.07, 6.45) is 1.35. The van der Waals surface area contributed by atoms with E-state index < -0.39 is 17.2 Å². The maximum atomic E-state index is 13.2. The van der Waals surface area contributed by atoms with Crippen LogP contribution in [0.3, 0.4) is 0 Å². The summed E-state index contributed by atoms with van der Waals surface area (Å²) in [5, 5.41) is 0. The molecule has 6 rings (SSSR count). The molecule has 2 aliphatic rings. The van der Waals surface area contributed by atoms with Crippen LogP contribution in [0.25, 0.3) is 0 Å². The van der Waals surface area contributed by atoms with Crippen LogP contribution < -0.4 is 27.9 Å². The topological polar surface area (TPSA) is 113 Å². The fourth-order valence-electron chi connectivity index (χ4n) is 8.42. The zero-order valence-corrected chi connectivity index (χ0v) is 49.3. The normalized spacial score (nSPS) is 15.2. The van der Waals surface area contributed by atoms with Gasteiger partial charge >= 0.3 is 17.4 Å². The van der Waals surface area contributed by atoms with Crippen LogP contribution in [0.5, 0.6) is 23.0 Å². The Bertz CT molecular complexity index is 2100. The zero-order chi connectivity index (χ0) is 50.3. The molecule has 0 bridgehead atoms. The van der Waals surface area contributed by atoms with Gasteiger partial charge in [-0.1, -0.05) is 215 Å². The van der Waals surface area contributed by atoms with E-state index in [1.807, 2.05) is 0 Å². The van der Waals surface area contributed by atoms with Crippen molar-refractivity contribution >= 4 is 34.6 Å². The Hall–Kier alpha value is -2.65. The maximum absolute atomic E-state index is 13.2. The van der Waals surface area contributed by atoms with Gasteiger partial charge in [-0.25, -0.2) is 0 Å². The van der Waals surface area contributed by atoms with Crippen molar-refractivity contribution in [1.29, 1.82) is 0 Å². The van der Waals surface area contributed by atoms with E-state index >= 15 is 0 Å². The summed E-state index contributed by atoms with van der Waals surface area (Å²) < 4.78 is 24.3. The number of benzene rings is 4. The monoisotopic (exact) mass is 983 g/mol. The molecule has 0 aliphatic carbocycles. The molecule has 10 heteroatoms. The molecule has 0 aromatic heterocycles. The molecule has 68 heavy (non-hydrogen) atoms. The van der Waals surface area contributed by atoms with Crippen LogP contribution in [-0.4, -0.2) is 22.8 Å². The molecule has 7 nitrogen and oxygen atoms in total. The average Bonchev–Trinajstić information content (AvgIpc) is 3.09. The Morgan fingerprint density at radius 2 is 0.471 bits per heavy atom. The van der Waals surface area contributed by atoms with E-state index in [1.54, 1.807) is 0 Å². The van der Waals surface area contributed by atoms with Gasteiger partial charge in [0.2, 0.25) is 17.2 Å². The summed E-state index contributed by atoms with van der Waals surface area (Å²) >= 11 is 0. The largest absolute Gasteiger partial charge is 3.00 e. The van der Waals surface area contributed by atoms with Crippen LogP contribution >= 0.6 is 17.2 Å². The molecule has 4 aromatic carbocycles. The van der Waals surface area contributed by atoms with Crippen LogP contribution in [0.15, 0.2) is 48.5 Å². The van der Waals surface area contributed by atoms with E-state index in [4.69, 9.17) is 18.1 Å². The van der Waals surface area contributed by atoms with Crippen molar-refractivity contribution in [3.63, 3.8) is 0 Å². The zero-order valence-electron chi connectivity index (χ0n) is 46.4. The van der Waals surface area contributed by atoms with Gasteiger partial charge in [-0.15, -0.1) is 0 Å². The molecule has 0 saturated heterocycles. The van der Waals surface area contributed by atoms with Crippen molar-refractivity contribution in [2.45, 2.75) is 222 Å². The van der Waals surface area contributed by atoms with Crippen molar-refractivity contribution in [3.8, 4) is 23.0 Å². The minimum Gasteiger partial charge on any atom is -0.870 e. The molecule has 0 saturated carbocycles. The average molecular weight is 983 g/mol. The second kappa shape index (κ2) is 20.1. The van der Waals surface area contributed by atoms with Gasteiger partial charge < -0.3 is 33.4 Å². The Morgan fingerprint density at radius 1 is 0.309 bits per heavy atom. The molecule has 0 atom stereocenters. The fraction of sp³-hybridized carbons (Fsp3) is 0.586. The third-order valence-corrected chi connectivity index (χ3v) is 14.1. The minimum absolute atomic E-state index is 0. The van der Waals surface area contributed by atoms with Gasteiger partial charge in [0.25, 0.3) is 0 Å². The predicted molar refractivity (Wildman–Crippen MR) is 285 cm³/mol. The van der Waals surface area contributed by atoms with Gasteiger partial charge in [0.05, 0.1) is 0 Å². The summed E-state index contributed by atoms with van der Waals surface area (Å²) in [5.74, 6) is 2.84. The fourth-order valence-corrected chi connectivity index (χ4v) is 9.95. The van der Waals surface area contributed by atoms with Gasteiger partial charge in [-0.05, 0) is 87.8 Å². The molecule has 0 radical (unpaired) electrons. The third-order valence-electron chi connectivity index (χ3n) is 12.8. The molecule has 0 unspecified atom stereocenters. The van der Waals surface area contributed by atoms with Crippen molar-refractivity contribution in [1.82, 2.24) is 0 Å². The van der Waals surface area contributed by atoms with Crippen LogP contribution in [0.2, 0.25) is 0 Å². The van der Waals surface area contributed by atoms with E-state index in [2.05, 4.69) is 215 Å². The maximum Gasteiger partial charge on any atom is 3.00 e. The Labute approximate surface area is 426 Å². The van der Waals surface area contributed by atoms with Crippen LogP contribution in [0.1, 0.15) is 233 Å². The van der Waals surface area contributed by atoms with Gasteiger partial charge in [-0.2, -0.15) is 0 Å². The van der Waals surface area contributed by atoms with Crippen molar-refractivity contribution in [3.05, 3.63) is 115 Å². The van der Waals surface area contributed by atoms with Crippen LogP contribution in [0, 0.1) is 0 Å². The second-order valence-corrected chi connectivity index (χ2v) is 28.8. The number of hydrogen-bond acceptors (Lipinski definition) is 7. The molecular formula is C58H85AlO7P2. The molecule has 0 spiro atoms. The standard InChI is InChI=1S/2C29H42O3P.Al.H2O/c2*1-26(2,3)20-14-18-13-19-15-21(27(4,5)6)17-23(29(10,11)12)25(19)32-33(30)31-24(18)22(16-20)28(7,8)9;;/h2*14-17H,13H2,1-12H3;;1H2/q2*-1;+3;/p-1.